The van der Waals surface area contributed by atoms with Crippen molar-refractivity contribution in [1.29, 1.82) is 0 Å². The average molecular weight is 124 g/mol. The van der Waals surface area contributed by atoms with Crippen molar-refractivity contribution < 1.29 is 5.11 Å². The molecule has 0 aliphatic carbocycles. The first-order valence-electron chi connectivity index (χ1n) is 2.85. The Morgan fingerprint density at radius 1 is 1.56 bits per heavy atom. The van der Waals surface area contributed by atoms with Crippen molar-refractivity contribution in [1.82, 2.24) is 0 Å². The molecule has 0 aromatic rings. The van der Waals surface area contributed by atoms with Crippen molar-refractivity contribution in [3.63, 3.8) is 0 Å². The molecule has 0 fully saturated rings. The summed E-state index contributed by atoms with van der Waals surface area (Å²) in [5, 5.41) is 8.64. The van der Waals surface area contributed by atoms with Crippen molar-refractivity contribution in [2.45, 2.75) is 13.8 Å². The van der Waals surface area contributed by atoms with Gasteiger partial charge in [0.25, 0.3) is 0 Å². The first kappa shape index (κ1) is 8.02. The zero-order valence-electron chi connectivity index (χ0n) is 5.89. The fourth-order valence-corrected chi connectivity index (χ4v) is 0.574. The van der Waals surface area contributed by atoms with Crippen LogP contribution in [0.4, 0.5) is 0 Å². The molecule has 0 radical (unpaired) electrons. The number of hydrogen-bond donors (Lipinski definition) is 1. The lowest BCUT2D eigenvalue weighted by atomic mass is 10.2. The third-order valence-corrected chi connectivity index (χ3v) is 0.824. The fraction of sp³-hybridized carbons (Fsp3) is 0.250. The van der Waals surface area contributed by atoms with E-state index < -0.39 is 0 Å². The van der Waals surface area contributed by atoms with Gasteiger partial charge in [-0.1, -0.05) is 18.7 Å². The molecule has 0 saturated heterocycles. The predicted octanol–water partition coefficient (Wildman–Crippen LogP) is 2.58. The summed E-state index contributed by atoms with van der Waals surface area (Å²) in [5.41, 5.74) is 1.00. The lowest BCUT2D eigenvalue weighted by Gasteiger charge is -1.88. The Bertz CT molecular complexity index is 152. The second kappa shape index (κ2) is 3.96. The smallest absolute Gasteiger partial charge is 0.108 e. The van der Waals surface area contributed by atoms with E-state index >= 15 is 0 Å². The van der Waals surface area contributed by atoms with Gasteiger partial charge < -0.3 is 5.11 Å². The molecule has 0 aromatic heterocycles. The molecule has 9 heavy (non-hydrogen) atoms. The average Bonchev–Trinajstić information content (AvgIpc) is 1.63. The Balaban J connectivity index is 4.00. The van der Waals surface area contributed by atoms with Gasteiger partial charge in [0.05, 0.1) is 0 Å². The highest BCUT2D eigenvalue weighted by Gasteiger charge is 1.80. The van der Waals surface area contributed by atoms with Crippen molar-refractivity contribution in [3.05, 3.63) is 36.1 Å². The monoisotopic (exact) mass is 124 g/mol. The molecule has 1 N–H and O–H groups in total. The van der Waals surface area contributed by atoms with Gasteiger partial charge in [0, 0.05) is 0 Å². The Hall–Kier alpha value is -0.980. The molecule has 0 atom stereocenters. The molecule has 0 amide bonds. The fourth-order valence-electron chi connectivity index (χ4n) is 0.574. The highest BCUT2D eigenvalue weighted by atomic mass is 16.3. The number of rotatable bonds is 2. The number of aliphatic hydroxyl groups is 1. The van der Waals surface area contributed by atoms with Crippen LogP contribution in [0, 0.1) is 0 Å². The molecule has 1 heteroatoms. The molecule has 50 valence electrons. The lowest BCUT2D eigenvalue weighted by Crippen LogP contribution is -1.71. The first-order chi connectivity index (χ1) is 4.16. The molecule has 0 aliphatic rings. The highest BCUT2D eigenvalue weighted by molar-refractivity contribution is 5.22. The van der Waals surface area contributed by atoms with E-state index in [9.17, 15) is 0 Å². The van der Waals surface area contributed by atoms with E-state index in [1.54, 1.807) is 6.08 Å². The van der Waals surface area contributed by atoms with Crippen molar-refractivity contribution >= 4 is 0 Å². The Kier molecular flexibility index (Phi) is 3.52. The summed E-state index contributed by atoms with van der Waals surface area (Å²) in [6, 6.07) is 0. The van der Waals surface area contributed by atoms with Crippen molar-refractivity contribution in [2.24, 2.45) is 0 Å². The SMILES string of the molecule is C=C(O)/C=C(C)\C=C/C. The standard InChI is InChI=1S/C8H12O/c1-4-5-7(2)6-8(3)9/h4-6,9H,3H2,1-2H3/b5-4-,7-6-. The summed E-state index contributed by atoms with van der Waals surface area (Å²) in [4.78, 5) is 0. The summed E-state index contributed by atoms with van der Waals surface area (Å²) in [7, 11) is 0. The Labute approximate surface area is 56.0 Å². The highest BCUT2D eigenvalue weighted by Crippen LogP contribution is 1.97. The Morgan fingerprint density at radius 2 is 2.11 bits per heavy atom. The minimum Gasteiger partial charge on any atom is -0.509 e. The van der Waals surface area contributed by atoms with Gasteiger partial charge in [-0.3, -0.25) is 0 Å². The third kappa shape index (κ3) is 4.88. The first-order valence-corrected chi connectivity index (χ1v) is 2.85. The lowest BCUT2D eigenvalue weighted by molar-refractivity contribution is 0.435. The van der Waals surface area contributed by atoms with E-state index in [1.807, 2.05) is 26.0 Å². The van der Waals surface area contributed by atoms with Gasteiger partial charge in [0.1, 0.15) is 5.76 Å². The maximum absolute atomic E-state index is 8.64. The number of allylic oxidation sites excluding steroid dienone is 4. The molecular weight excluding hydrogens is 112 g/mol. The molecule has 0 aliphatic heterocycles. The van der Waals surface area contributed by atoms with E-state index in [0.29, 0.717) is 0 Å². The van der Waals surface area contributed by atoms with Crippen LogP contribution < -0.4 is 0 Å². The molecule has 1 nitrogen and oxygen atoms in total. The number of aliphatic hydroxyl groups excluding tert-OH is 1. The zero-order valence-corrected chi connectivity index (χ0v) is 5.89. The molecule has 0 heterocycles. The normalized spacial score (nSPS) is 12.4. The summed E-state index contributed by atoms with van der Waals surface area (Å²) >= 11 is 0. The van der Waals surface area contributed by atoms with Gasteiger partial charge in [-0.15, -0.1) is 0 Å². The molecule has 0 aromatic carbocycles. The van der Waals surface area contributed by atoms with Gasteiger partial charge in [0.15, 0.2) is 0 Å². The third-order valence-electron chi connectivity index (χ3n) is 0.824. The quantitative estimate of drug-likeness (QED) is 0.443. The maximum atomic E-state index is 8.64. The minimum absolute atomic E-state index is 0.102. The van der Waals surface area contributed by atoms with Crippen LogP contribution in [0.15, 0.2) is 36.1 Å². The van der Waals surface area contributed by atoms with Gasteiger partial charge in [-0.25, -0.2) is 0 Å². The van der Waals surface area contributed by atoms with Crippen LogP contribution >= 0.6 is 0 Å². The second-order valence-electron chi connectivity index (χ2n) is 1.88. The van der Waals surface area contributed by atoms with Gasteiger partial charge >= 0.3 is 0 Å². The minimum atomic E-state index is 0.102. The molecule has 0 unspecified atom stereocenters. The molecular formula is C8H12O. The molecule has 0 spiro atoms. The van der Waals surface area contributed by atoms with Crippen LogP contribution in [0.3, 0.4) is 0 Å². The zero-order chi connectivity index (χ0) is 7.28. The van der Waals surface area contributed by atoms with E-state index in [-0.39, 0.29) is 5.76 Å². The largest absolute Gasteiger partial charge is 0.509 e. The van der Waals surface area contributed by atoms with Gasteiger partial charge in [-0.2, -0.15) is 0 Å². The van der Waals surface area contributed by atoms with Crippen LogP contribution in [0.25, 0.3) is 0 Å². The van der Waals surface area contributed by atoms with E-state index in [1.165, 1.54) is 0 Å². The summed E-state index contributed by atoms with van der Waals surface area (Å²) in [6.45, 7) is 7.15. The van der Waals surface area contributed by atoms with E-state index in [4.69, 9.17) is 5.11 Å². The van der Waals surface area contributed by atoms with Crippen LogP contribution in [-0.2, 0) is 0 Å². The van der Waals surface area contributed by atoms with Crippen LogP contribution in [0.5, 0.6) is 0 Å². The molecule has 0 bridgehead atoms. The van der Waals surface area contributed by atoms with Gasteiger partial charge in [0.2, 0.25) is 0 Å². The summed E-state index contributed by atoms with van der Waals surface area (Å²) < 4.78 is 0. The van der Waals surface area contributed by atoms with Crippen LogP contribution in [0.2, 0.25) is 0 Å². The van der Waals surface area contributed by atoms with Gasteiger partial charge in [-0.05, 0) is 25.5 Å². The van der Waals surface area contributed by atoms with Crippen molar-refractivity contribution in [2.75, 3.05) is 0 Å². The van der Waals surface area contributed by atoms with E-state index in [0.717, 1.165) is 5.57 Å². The predicted molar refractivity (Wildman–Crippen MR) is 40.3 cm³/mol. The molecule has 0 saturated carbocycles. The van der Waals surface area contributed by atoms with Crippen molar-refractivity contribution in [3.8, 4) is 0 Å². The van der Waals surface area contributed by atoms with Crippen LogP contribution in [-0.4, -0.2) is 5.11 Å². The van der Waals surface area contributed by atoms with Crippen LogP contribution in [0.1, 0.15) is 13.8 Å². The number of hydrogen-bond acceptors (Lipinski definition) is 1. The second-order valence-corrected chi connectivity index (χ2v) is 1.88. The summed E-state index contributed by atoms with van der Waals surface area (Å²) in [5.74, 6) is 0.102. The summed E-state index contributed by atoms with van der Waals surface area (Å²) in [6.07, 6.45) is 5.43. The Morgan fingerprint density at radius 3 is 2.44 bits per heavy atom. The maximum Gasteiger partial charge on any atom is 0.108 e. The van der Waals surface area contributed by atoms with E-state index in [2.05, 4.69) is 6.58 Å². The topological polar surface area (TPSA) is 20.2 Å². The molecule has 0 rings (SSSR count).